The molecule has 0 heterocycles. The van der Waals surface area contributed by atoms with Crippen LogP contribution in [0.3, 0.4) is 0 Å². The Morgan fingerprint density at radius 1 is 0.957 bits per heavy atom. The van der Waals surface area contributed by atoms with Gasteiger partial charge in [-0.1, -0.05) is 43.8 Å². The van der Waals surface area contributed by atoms with E-state index in [9.17, 15) is 10.2 Å². The molecule has 1 rings (SSSR count). The number of aliphatic hydroxyl groups excluding tert-OH is 5. The summed E-state index contributed by atoms with van der Waals surface area (Å²) in [6.45, 7) is 5.76. The zero-order chi connectivity index (χ0) is 18.1. The summed E-state index contributed by atoms with van der Waals surface area (Å²) in [7, 11) is 0. The Morgan fingerprint density at radius 2 is 1.39 bits per heavy atom. The molecule has 7 N–H and O–H groups in total. The van der Waals surface area contributed by atoms with Gasteiger partial charge in [0, 0.05) is 12.0 Å². The van der Waals surface area contributed by atoms with E-state index in [0.29, 0.717) is 13.0 Å². The fourth-order valence-electron chi connectivity index (χ4n) is 1.43. The predicted octanol–water partition coefficient (Wildman–Crippen LogP) is -0.229. The molecular weight excluding hydrogens is 298 g/mol. The third-order valence-electron chi connectivity index (χ3n) is 2.84. The lowest BCUT2D eigenvalue weighted by Gasteiger charge is -2.24. The highest BCUT2D eigenvalue weighted by atomic mass is 16.3. The zero-order valence-electron chi connectivity index (χ0n) is 13.9. The van der Waals surface area contributed by atoms with Crippen molar-refractivity contribution in [2.24, 2.45) is 11.1 Å². The highest BCUT2D eigenvalue weighted by molar-refractivity contribution is 5.47. The van der Waals surface area contributed by atoms with Crippen molar-refractivity contribution in [3.05, 3.63) is 42.0 Å². The van der Waals surface area contributed by atoms with E-state index in [0.717, 1.165) is 11.1 Å². The van der Waals surface area contributed by atoms with Crippen LogP contribution in [0.1, 0.15) is 18.1 Å². The van der Waals surface area contributed by atoms with Crippen molar-refractivity contribution in [2.75, 3.05) is 39.6 Å². The van der Waals surface area contributed by atoms with Crippen molar-refractivity contribution >= 4 is 6.08 Å². The summed E-state index contributed by atoms with van der Waals surface area (Å²) >= 11 is 0. The fourth-order valence-corrected chi connectivity index (χ4v) is 1.43. The molecule has 1 aromatic rings. The van der Waals surface area contributed by atoms with Crippen LogP contribution in [0.4, 0.5) is 0 Å². The molecule has 6 nitrogen and oxygen atoms in total. The van der Waals surface area contributed by atoms with E-state index in [1.165, 1.54) is 0 Å². The van der Waals surface area contributed by atoms with Gasteiger partial charge in [0.1, 0.15) is 0 Å². The van der Waals surface area contributed by atoms with Crippen LogP contribution in [0.5, 0.6) is 0 Å². The van der Waals surface area contributed by atoms with Gasteiger partial charge in [-0.2, -0.15) is 0 Å². The SMILES string of the molecule is C=Cc1ccc(CC(C)(CO)CO)cc1.NCCO.OCCO. The first-order valence-electron chi connectivity index (χ1n) is 7.42. The Bertz CT molecular complexity index is 369. The quantitative estimate of drug-likeness (QED) is 0.410. The van der Waals surface area contributed by atoms with Crippen molar-refractivity contribution in [2.45, 2.75) is 13.3 Å². The first-order valence-corrected chi connectivity index (χ1v) is 7.42. The van der Waals surface area contributed by atoms with Crippen LogP contribution in [-0.2, 0) is 6.42 Å². The lowest BCUT2D eigenvalue weighted by atomic mass is 9.85. The molecule has 0 amide bonds. The van der Waals surface area contributed by atoms with Crippen LogP contribution in [-0.4, -0.2) is 65.1 Å². The van der Waals surface area contributed by atoms with Crippen molar-refractivity contribution in [3.63, 3.8) is 0 Å². The average molecular weight is 329 g/mol. The van der Waals surface area contributed by atoms with Crippen LogP contribution in [0.2, 0.25) is 0 Å². The van der Waals surface area contributed by atoms with Crippen LogP contribution in [0.25, 0.3) is 6.08 Å². The minimum absolute atomic E-state index is 0.00723. The van der Waals surface area contributed by atoms with Crippen LogP contribution in [0, 0.1) is 5.41 Å². The summed E-state index contributed by atoms with van der Waals surface area (Å²) < 4.78 is 0. The van der Waals surface area contributed by atoms with Gasteiger partial charge in [-0.15, -0.1) is 0 Å². The Labute approximate surface area is 138 Å². The third kappa shape index (κ3) is 12.9. The number of hydrogen-bond donors (Lipinski definition) is 6. The highest BCUT2D eigenvalue weighted by Gasteiger charge is 2.22. The monoisotopic (exact) mass is 329 g/mol. The van der Waals surface area contributed by atoms with Gasteiger partial charge in [0.25, 0.3) is 0 Å². The lowest BCUT2D eigenvalue weighted by Crippen LogP contribution is -2.28. The van der Waals surface area contributed by atoms with Gasteiger partial charge >= 0.3 is 0 Å². The van der Waals surface area contributed by atoms with Crippen LogP contribution < -0.4 is 5.73 Å². The predicted molar refractivity (Wildman–Crippen MR) is 92.8 cm³/mol. The molecule has 0 saturated heterocycles. The number of rotatable bonds is 7. The summed E-state index contributed by atoms with van der Waals surface area (Å²) in [4.78, 5) is 0. The number of aliphatic hydroxyl groups is 5. The molecule has 0 fully saturated rings. The van der Waals surface area contributed by atoms with Crippen molar-refractivity contribution in [3.8, 4) is 0 Å². The van der Waals surface area contributed by atoms with E-state index >= 15 is 0 Å². The van der Waals surface area contributed by atoms with Crippen molar-refractivity contribution < 1.29 is 25.5 Å². The maximum absolute atomic E-state index is 9.17. The number of benzene rings is 1. The van der Waals surface area contributed by atoms with E-state index in [-0.39, 0.29) is 33.0 Å². The molecule has 0 unspecified atom stereocenters. The largest absolute Gasteiger partial charge is 0.396 e. The van der Waals surface area contributed by atoms with Gasteiger partial charge in [-0.05, 0) is 17.5 Å². The standard InChI is InChI=1S/C13H18O2.C2H7NO.C2H6O2/c1-3-11-4-6-12(7-5-11)8-13(2,9-14)10-15;2*3-1-2-4/h3-7,14-15H,1,8-10H2,2H3;4H,1-3H2;3-4H,1-2H2. The minimum atomic E-state index is -0.435. The molecule has 0 aliphatic rings. The zero-order valence-corrected chi connectivity index (χ0v) is 13.9. The highest BCUT2D eigenvalue weighted by Crippen LogP contribution is 2.21. The summed E-state index contributed by atoms with van der Waals surface area (Å²) in [5.74, 6) is 0. The van der Waals surface area contributed by atoms with Crippen LogP contribution >= 0.6 is 0 Å². The average Bonchev–Trinajstić information content (AvgIpc) is 2.62. The van der Waals surface area contributed by atoms with Gasteiger partial charge in [0.2, 0.25) is 0 Å². The molecular formula is C17H31NO5. The Hall–Kier alpha value is -1.28. The fraction of sp³-hybridized carbons (Fsp3) is 0.529. The lowest BCUT2D eigenvalue weighted by molar-refractivity contribution is 0.0704. The minimum Gasteiger partial charge on any atom is -0.396 e. The number of hydrogen-bond acceptors (Lipinski definition) is 6. The molecule has 0 aromatic heterocycles. The van der Waals surface area contributed by atoms with E-state index in [1.807, 2.05) is 31.2 Å². The molecule has 23 heavy (non-hydrogen) atoms. The molecule has 0 aliphatic carbocycles. The maximum atomic E-state index is 9.17. The Morgan fingerprint density at radius 3 is 1.65 bits per heavy atom. The summed E-state index contributed by atoms with van der Waals surface area (Å²) in [6.07, 6.45) is 2.47. The molecule has 6 heteroatoms. The van der Waals surface area contributed by atoms with Crippen molar-refractivity contribution in [1.29, 1.82) is 0 Å². The van der Waals surface area contributed by atoms with E-state index in [1.54, 1.807) is 6.08 Å². The molecule has 0 bridgehead atoms. The molecule has 0 aliphatic heterocycles. The number of nitrogens with two attached hydrogens (primary N) is 1. The molecule has 1 aromatic carbocycles. The third-order valence-corrected chi connectivity index (χ3v) is 2.84. The molecule has 0 radical (unpaired) electrons. The van der Waals surface area contributed by atoms with Gasteiger partial charge < -0.3 is 31.3 Å². The molecule has 0 atom stereocenters. The molecule has 0 spiro atoms. The smallest absolute Gasteiger partial charge is 0.0662 e. The van der Waals surface area contributed by atoms with Crippen LogP contribution in [0.15, 0.2) is 30.8 Å². The first-order chi connectivity index (χ1) is 11.0. The Kier molecular flexibility index (Phi) is 16.3. The normalized spacial score (nSPS) is 10.0. The van der Waals surface area contributed by atoms with E-state index in [2.05, 4.69) is 6.58 Å². The first kappa shape index (κ1) is 24.0. The second kappa shape index (κ2) is 15.6. The van der Waals surface area contributed by atoms with Gasteiger partial charge in [-0.3, -0.25) is 0 Å². The van der Waals surface area contributed by atoms with E-state index in [4.69, 9.17) is 21.1 Å². The second-order valence-electron chi connectivity index (χ2n) is 5.21. The topological polar surface area (TPSA) is 127 Å². The van der Waals surface area contributed by atoms with Gasteiger partial charge in [-0.25, -0.2) is 0 Å². The Balaban J connectivity index is 0. The maximum Gasteiger partial charge on any atom is 0.0662 e. The van der Waals surface area contributed by atoms with Gasteiger partial charge in [0.05, 0.1) is 33.0 Å². The van der Waals surface area contributed by atoms with E-state index < -0.39 is 5.41 Å². The van der Waals surface area contributed by atoms with Gasteiger partial charge in [0.15, 0.2) is 0 Å². The second-order valence-corrected chi connectivity index (χ2v) is 5.21. The summed E-state index contributed by atoms with van der Waals surface area (Å²) in [5, 5.41) is 41.3. The van der Waals surface area contributed by atoms with Crippen molar-refractivity contribution in [1.82, 2.24) is 0 Å². The molecule has 134 valence electrons. The molecule has 0 saturated carbocycles. The summed E-state index contributed by atoms with van der Waals surface area (Å²) in [6, 6.07) is 7.97. The summed E-state index contributed by atoms with van der Waals surface area (Å²) in [5.41, 5.74) is 6.54.